The molecule has 2 aromatic carbocycles. The monoisotopic (exact) mass is 653 g/mol. The Balaban J connectivity index is 0.00000235. The summed E-state index contributed by atoms with van der Waals surface area (Å²) in [5, 5.41) is 9.71. The maximum Gasteiger partial charge on any atom is 0.200 e. The van der Waals surface area contributed by atoms with Gasteiger partial charge < -0.3 is 29.7 Å². The molecule has 244 valence electrons. The molecule has 0 unspecified atom stereocenters. The van der Waals surface area contributed by atoms with Gasteiger partial charge in [-0.15, -0.1) is 11.8 Å². The lowest BCUT2D eigenvalue weighted by atomic mass is 9.74. The number of thioether (sulfide) groups is 1. The van der Waals surface area contributed by atoms with Crippen LogP contribution in [0, 0.1) is 5.82 Å². The topological polar surface area (TPSA) is 96.5 Å². The predicted octanol–water partition coefficient (Wildman–Crippen LogP) is 7.60. The van der Waals surface area contributed by atoms with E-state index >= 15 is 8.78 Å². The lowest BCUT2D eigenvalue weighted by molar-refractivity contribution is -0.107. The van der Waals surface area contributed by atoms with Crippen LogP contribution in [-0.2, 0) is 16.6 Å². The first kappa shape index (κ1) is 34.6. The summed E-state index contributed by atoms with van der Waals surface area (Å²) in [6, 6.07) is 9.87. The number of imidazole rings is 1. The fourth-order valence-corrected chi connectivity index (χ4v) is 6.19. The summed E-state index contributed by atoms with van der Waals surface area (Å²) >= 11 is 1.29. The molecule has 0 spiro atoms. The molecule has 2 aliphatic heterocycles. The number of allylic oxidation sites excluding steroid dienone is 3. The Morgan fingerprint density at radius 1 is 1.22 bits per heavy atom. The first-order valence-electron chi connectivity index (χ1n) is 14.8. The quantitative estimate of drug-likeness (QED) is 0.205. The minimum atomic E-state index is -1.16. The number of halogens is 3. The molecule has 0 amide bonds. The Labute approximate surface area is 271 Å². The van der Waals surface area contributed by atoms with E-state index in [9.17, 15) is 9.18 Å². The number of fused-ring (bicyclic) bond motifs is 1. The number of nitrogens with zero attached hydrogens (tertiary/aromatic N) is 1. The number of aldehydes is 1. The molecule has 3 aromatic rings. The number of ether oxygens (including phenoxy) is 2. The Hall–Kier alpha value is -4.22. The molecule has 0 aliphatic carbocycles. The summed E-state index contributed by atoms with van der Waals surface area (Å²) in [6.07, 6.45) is 7.31. The van der Waals surface area contributed by atoms with Crippen molar-refractivity contribution < 1.29 is 32.5 Å². The maximum absolute atomic E-state index is 15.5. The number of aliphatic hydroxyl groups excluding tert-OH is 1. The Bertz CT molecular complexity index is 1680. The number of para-hydroxylation sites is 1. The van der Waals surface area contributed by atoms with E-state index in [0.29, 0.717) is 36.3 Å². The number of hydrogen-bond donors (Lipinski definition) is 3. The number of hydrogen-bond acceptors (Lipinski definition) is 7. The second kappa shape index (κ2) is 15.4. The summed E-state index contributed by atoms with van der Waals surface area (Å²) in [5.74, 6) is -1.96. The van der Waals surface area contributed by atoms with Crippen LogP contribution in [0.15, 0.2) is 89.3 Å². The number of H-pyrrole nitrogens is 1. The van der Waals surface area contributed by atoms with Crippen LogP contribution in [0.5, 0.6) is 11.5 Å². The van der Waals surface area contributed by atoms with Gasteiger partial charge in [0.2, 0.25) is 0 Å². The van der Waals surface area contributed by atoms with Crippen molar-refractivity contribution in [3.63, 3.8) is 0 Å². The fraction of sp³-hybridized carbons (Fsp3) is 0.314. The third-order valence-corrected chi connectivity index (χ3v) is 8.76. The molecule has 5 rings (SSSR count). The van der Waals surface area contributed by atoms with Gasteiger partial charge in [0.1, 0.15) is 29.4 Å². The van der Waals surface area contributed by atoms with E-state index in [4.69, 9.17) is 14.6 Å². The molecule has 3 heterocycles. The largest absolute Gasteiger partial charge is 0.493 e. The average Bonchev–Trinajstić information content (AvgIpc) is 3.56. The normalized spacial score (nSPS) is 21.9. The Morgan fingerprint density at radius 3 is 2.74 bits per heavy atom. The number of aliphatic hydroxyl groups is 1. The Kier molecular flexibility index (Phi) is 11.6. The number of nitrogens with one attached hydrogen (secondary N) is 2. The number of benzene rings is 2. The highest BCUT2D eigenvalue weighted by Gasteiger charge is 2.37. The van der Waals surface area contributed by atoms with Crippen LogP contribution in [0.25, 0.3) is 11.4 Å². The van der Waals surface area contributed by atoms with Crippen LogP contribution < -0.4 is 14.8 Å². The minimum absolute atomic E-state index is 0.0152. The maximum atomic E-state index is 15.5. The molecule has 0 bridgehead atoms. The van der Waals surface area contributed by atoms with Crippen molar-refractivity contribution in [2.75, 3.05) is 20.3 Å². The predicted molar refractivity (Wildman–Crippen MR) is 175 cm³/mol. The van der Waals surface area contributed by atoms with Gasteiger partial charge in [-0.25, -0.2) is 13.8 Å². The first-order chi connectivity index (χ1) is 22.1. The molecule has 11 heteroatoms. The van der Waals surface area contributed by atoms with E-state index < -0.39 is 22.9 Å². The van der Waals surface area contributed by atoms with Gasteiger partial charge >= 0.3 is 0 Å². The zero-order valence-corrected chi connectivity index (χ0v) is 27.1. The van der Waals surface area contributed by atoms with Crippen LogP contribution >= 0.6 is 11.8 Å². The highest BCUT2D eigenvalue weighted by Crippen LogP contribution is 2.45. The number of carbonyl (C=O) groups is 1. The molecule has 3 N–H and O–H groups in total. The number of carbonyl (C=O) groups excluding carboxylic acids is 1. The van der Waals surface area contributed by atoms with Gasteiger partial charge in [0.15, 0.2) is 17.4 Å². The molecular formula is C35H38F3N3O4S. The van der Waals surface area contributed by atoms with Crippen molar-refractivity contribution in [1.82, 2.24) is 15.3 Å². The molecule has 0 saturated carbocycles. The van der Waals surface area contributed by atoms with E-state index in [1.807, 2.05) is 32.0 Å². The SMILES string of the molecule is C=C1/C=C\NC/C(F)=C(F)\C(Oc2ccc(F)c(-c3ncc([C@@]4(C)CCOc5c(CCC=O)cccc54)[nH]3)c2)=C/1SC(C)C.CO. The number of aryl methyl sites for hydroxylation is 1. The minimum Gasteiger partial charge on any atom is -0.493 e. The van der Waals surface area contributed by atoms with E-state index in [2.05, 4.69) is 28.8 Å². The number of aromatic nitrogens is 2. The first-order valence-corrected chi connectivity index (χ1v) is 15.7. The van der Waals surface area contributed by atoms with Gasteiger partial charge in [0, 0.05) is 41.6 Å². The van der Waals surface area contributed by atoms with Crippen LogP contribution in [-0.4, -0.2) is 46.9 Å². The average molecular weight is 654 g/mol. The molecular weight excluding hydrogens is 615 g/mol. The third kappa shape index (κ3) is 7.42. The lowest BCUT2D eigenvalue weighted by Gasteiger charge is -2.36. The van der Waals surface area contributed by atoms with Crippen molar-refractivity contribution in [1.29, 1.82) is 0 Å². The van der Waals surface area contributed by atoms with Gasteiger partial charge in [-0.05, 0) is 61.4 Å². The van der Waals surface area contributed by atoms with Gasteiger partial charge in [-0.2, -0.15) is 4.39 Å². The summed E-state index contributed by atoms with van der Waals surface area (Å²) in [4.78, 5) is 19.1. The second-order valence-electron chi connectivity index (χ2n) is 11.1. The second-order valence-corrected chi connectivity index (χ2v) is 12.7. The van der Waals surface area contributed by atoms with Crippen molar-refractivity contribution in [2.24, 2.45) is 0 Å². The van der Waals surface area contributed by atoms with Crippen molar-refractivity contribution in [3.05, 3.63) is 112 Å². The fourth-order valence-electron chi connectivity index (χ4n) is 5.26. The van der Waals surface area contributed by atoms with Gasteiger partial charge in [0.25, 0.3) is 0 Å². The smallest absolute Gasteiger partial charge is 0.200 e. The zero-order chi connectivity index (χ0) is 33.4. The van der Waals surface area contributed by atoms with Crippen LogP contribution in [0.2, 0.25) is 0 Å². The van der Waals surface area contributed by atoms with Crippen molar-refractivity contribution in [2.45, 2.75) is 50.7 Å². The van der Waals surface area contributed by atoms with Gasteiger partial charge in [-0.3, -0.25) is 0 Å². The van der Waals surface area contributed by atoms with E-state index in [1.54, 1.807) is 12.3 Å². The van der Waals surface area contributed by atoms with Gasteiger partial charge in [0.05, 0.1) is 23.6 Å². The summed E-state index contributed by atoms with van der Waals surface area (Å²) < 4.78 is 57.5. The summed E-state index contributed by atoms with van der Waals surface area (Å²) in [7, 11) is 1.00. The van der Waals surface area contributed by atoms with Crippen molar-refractivity contribution in [3.8, 4) is 22.9 Å². The highest BCUT2D eigenvalue weighted by atomic mass is 32.2. The molecule has 2 aliphatic rings. The summed E-state index contributed by atoms with van der Waals surface area (Å²) in [5.41, 5.74) is 2.70. The lowest BCUT2D eigenvalue weighted by Crippen LogP contribution is -2.32. The van der Waals surface area contributed by atoms with E-state index in [-0.39, 0.29) is 34.7 Å². The van der Waals surface area contributed by atoms with E-state index in [1.165, 1.54) is 36.2 Å². The molecule has 0 saturated heterocycles. The van der Waals surface area contributed by atoms with Crippen LogP contribution in [0.1, 0.15) is 50.4 Å². The van der Waals surface area contributed by atoms with Crippen LogP contribution in [0.4, 0.5) is 13.2 Å². The zero-order valence-electron chi connectivity index (χ0n) is 26.3. The Morgan fingerprint density at radius 2 is 2.00 bits per heavy atom. The molecule has 0 radical (unpaired) electrons. The molecule has 46 heavy (non-hydrogen) atoms. The van der Waals surface area contributed by atoms with E-state index in [0.717, 1.165) is 36.0 Å². The third-order valence-electron chi connectivity index (χ3n) is 7.60. The number of aromatic amines is 1. The molecule has 7 nitrogen and oxygen atoms in total. The van der Waals surface area contributed by atoms with Gasteiger partial charge in [-0.1, -0.05) is 38.6 Å². The number of rotatable bonds is 9. The van der Waals surface area contributed by atoms with Crippen LogP contribution in [0.3, 0.4) is 0 Å². The highest BCUT2D eigenvalue weighted by molar-refractivity contribution is 8.03. The molecule has 0 fully saturated rings. The standard InChI is InChI=1S/C34H34F3N3O3S.CH4O/c1-20(2)44-32-21(3)12-14-38-18-27(36)29(37)31(32)43-23-10-11-26(35)24(17-23)33-39-19-28(40-33)34(4)13-16-42-30-22(8-6-15-41)7-5-9-25(30)34;1-2/h5,7,9-12,14-15,17,19-20,38H,3,6,8,13,16,18H2,1-2,4H3,(H,39,40);2H,1H3/b14-12-,29-27-,32-31-;/t34-;/m0./s1. The molecule has 1 atom stereocenters. The van der Waals surface area contributed by atoms with Crippen molar-refractivity contribution >= 4 is 18.0 Å². The molecule has 1 aromatic heterocycles. The summed E-state index contributed by atoms with van der Waals surface area (Å²) in [6.45, 7) is 10.0.